The van der Waals surface area contributed by atoms with Crippen LogP contribution in [0.15, 0.2) is 24.3 Å². The molecule has 1 aromatic carbocycles. The zero-order valence-electron chi connectivity index (χ0n) is 12.4. The van der Waals surface area contributed by atoms with E-state index in [4.69, 9.17) is 4.74 Å². The summed E-state index contributed by atoms with van der Waals surface area (Å²) >= 11 is 0. The molecule has 0 aliphatic heterocycles. The fourth-order valence-corrected chi connectivity index (χ4v) is 3.43. The van der Waals surface area contributed by atoms with Gasteiger partial charge in [-0.2, -0.15) is 13.2 Å². The molecule has 1 fully saturated rings. The molecule has 0 aromatic heterocycles. The van der Waals surface area contributed by atoms with Gasteiger partial charge in [-0.3, -0.25) is 0 Å². The third-order valence-corrected chi connectivity index (χ3v) is 4.43. The number of halogens is 3. The van der Waals surface area contributed by atoms with Crippen molar-refractivity contribution >= 4 is 0 Å². The molecule has 0 saturated heterocycles. The zero-order chi connectivity index (χ0) is 15.5. The van der Waals surface area contributed by atoms with Crippen LogP contribution in [-0.4, -0.2) is 20.3 Å². The van der Waals surface area contributed by atoms with Gasteiger partial charge in [0.1, 0.15) is 5.75 Å². The van der Waals surface area contributed by atoms with E-state index in [-0.39, 0.29) is 12.5 Å². The molecule has 2 nitrogen and oxygen atoms in total. The molecule has 0 radical (unpaired) electrons. The smallest absolute Gasteiger partial charge is 0.392 e. The largest absolute Gasteiger partial charge is 0.497 e. The average Bonchev–Trinajstić information content (AvgIpc) is 2.48. The highest BCUT2D eigenvalue weighted by atomic mass is 19.4. The number of methoxy groups -OCH3 is 1. The summed E-state index contributed by atoms with van der Waals surface area (Å²) in [6.45, 7) is 0. The summed E-state index contributed by atoms with van der Waals surface area (Å²) in [7, 11) is 3.29. The van der Waals surface area contributed by atoms with E-state index in [1.165, 1.54) is 0 Å². The second-order valence-corrected chi connectivity index (χ2v) is 5.64. The van der Waals surface area contributed by atoms with Crippen LogP contribution in [0.2, 0.25) is 0 Å². The summed E-state index contributed by atoms with van der Waals surface area (Å²) in [6, 6.07) is 7.02. The predicted octanol–water partition coefficient (Wildman–Crippen LogP) is 4.32. The summed E-state index contributed by atoms with van der Waals surface area (Å²) in [5.41, 5.74) is 0.859. The first kappa shape index (κ1) is 16.1. The van der Waals surface area contributed by atoms with E-state index in [1.807, 2.05) is 18.2 Å². The lowest BCUT2D eigenvalue weighted by Gasteiger charge is -2.38. The molecule has 1 aromatic rings. The van der Waals surface area contributed by atoms with Gasteiger partial charge in [0.05, 0.1) is 13.0 Å². The molecule has 1 saturated carbocycles. The summed E-state index contributed by atoms with van der Waals surface area (Å²) in [5, 5.41) is 3.09. The molecule has 0 heterocycles. The van der Waals surface area contributed by atoms with Gasteiger partial charge in [0, 0.05) is 6.04 Å². The number of ether oxygens (including phenoxy) is 1. The Morgan fingerprint density at radius 1 is 1.24 bits per heavy atom. The number of hydrogen-bond donors (Lipinski definition) is 1. The Morgan fingerprint density at radius 2 is 1.95 bits per heavy atom. The van der Waals surface area contributed by atoms with Gasteiger partial charge in [0.2, 0.25) is 0 Å². The van der Waals surface area contributed by atoms with Crippen molar-refractivity contribution in [2.75, 3.05) is 14.2 Å². The van der Waals surface area contributed by atoms with Crippen LogP contribution in [0, 0.1) is 11.8 Å². The van der Waals surface area contributed by atoms with Gasteiger partial charge in [-0.1, -0.05) is 25.0 Å². The van der Waals surface area contributed by atoms with E-state index in [0.29, 0.717) is 18.6 Å². The lowest BCUT2D eigenvalue weighted by atomic mass is 9.73. The van der Waals surface area contributed by atoms with Gasteiger partial charge >= 0.3 is 6.18 Å². The second kappa shape index (κ2) is 6.69. The molecule has 2 rings (SSSR count). The Kier molecular flexibility index (Phi) is 5.14. The topological polar surface area (TPSA) is 21.3 Å². The highest BCUT2D eigenvalue weighted by Crippen LogP contribution is 2.46. The minimum Gasteiger partial charge on any atom is -0.497 e. The van der Waals surface area contributed by atoms with Crippen LogP contribution < -0.4 is 10.1 Å². The van der Waals surface area contributed by atoms with Gasteiger partial charge < -0.3 is 10.1 Å². The van der Waals surface area contributed by atoms with Crippen molar-refractivity contribution in [2.45, 2.75) is 37.9 Å². The minimum atomic E-state index is -4.13. The van der Waals surface area contributed by atoms with Crippen molar-refractivity contribution in [3.63, 3.8) is 0 Å². The van der Waals surface area contributed by atoms with Crippen LogP contribution in [0.25, 0.3) is 0 Å². The van der Waals surface area contributed by atoms with Crippen molar-refractivity contribution in [3.8, 4) is 5.75 Å². The van der Waals surface area contributed by atoms with E-state index >= 15 is 0 Å². The first-order valence-corrected chi connectivity index (χ1v) is 7.35. The fourth-order valence-electron chi connectivity index (χ4n) is 3.43. The Labute approximate surface area is 123 Å². The third kappa shape index (κ3) is 3.70. The molecular weight excluding hydrogens is 279 g/mol. The van der Waals surface area contributed by atoms with E-state index < -0.39 is 18.0 Å². The van der Waals surface area contributed by atoms with Crippen LogP contribution >= 0.6 is 0 Å². The summed E-state index contributed by atoms with van der Waals surface area (Å²) in [5.74, 6) is -0.974. The second-order valence-electron chi connectivity index (χ2n) is 5.64. The van der Waals surface area contributed by atoms with Crippen LogP contribution in [0.4, 0.5) is 13.2 Å². The predicted molar refractivity (Wildman–Crippen MR) is 76.3 cm³/mol. The first-order valence-electron chi connectivity index (χ1n) is 7.35. The summed E-state index contributed by atoms with van der Waals surface area (Å²) in [4.78, 5) is 0. The molecule has 1 aliphatic carbocycles. The normalized spacial score (nSPS) is 24.6. The molecule has 0 amide bonds. The molecule has 1 aliphatic rings. The number of alkyl halides is 3. The van der Waals surface area contributed by atoms with Crippen molar-refractivity contribution < 1.29 is 17.9 Å². The number of benzene rings is 1. The molecule has 0 bridgehead atoms. The molecular formula is C16H22F3NO. The van der Waals surface area contributed by atoms with Crippen molar-refractivity contribution in [3.05, 3.63) is 29.8 Å². The molecule has 21 heavy (non-hydrogen) atoms. The quantitative estimate of drug-likeness (QED) is 0.894. The zero-order valence-corrected chi connectivity index (χ0v) is 12.4. The number of nitrogens with one attached hydrogen (secondary N) is 1. The number of hydrogen-bond acceptors (Lipinski definition) is 2. The highest BCUT2D eigenvalue weighted by molar-refractivity contribution is 5.31. The third-order valence-electron chi connectivity index (χ3n) is 4.43. The van der Waals surface area contributed by atoms with Crippen molar-refractivity contribution in [2.24, 2.45) is 11.8 Å². The lowest BCUT2D eigenvalue weighted by Crippen LogP contribution is -2.39. The van der Waals surface area contributed by atoms with E-state index in [0.717, 1.165) is 12.0 Å². The Morgan fingerprint density at radius 3 is 2.57 bits per heavy atom. The minimum absolute atomic E-state index is 0.232. The van der Waals surface area contributed by atoms with E-state index in [9.17, 15) is 13.2 Å². The van der Waals surface area contributed by atoms with E-state index in [1.54, 1.807) is 20.2 Å². The Hall–Kier alpha value is -1.23. The average molecular weight is 301 g/mol. The molecule has 0 spiro atoms. The van der Waals surface area contributed by atoms with Crippen molar-refractivity contribution in [1.29, 1.82) is 0 Å². The maximum Gasteiger partial charge on any atom is 0.392 e. The van der Waals surface area contributed by atoms with Gasteiger partial charge in [-0.25, -0.2) is 0 Å². The molecule has 3 atom stereocenters. The Bertz CT molecular complexity index is 461. The van der Waals surface area contributed by atoms with Gasteiger partial charge in [-0.05, 0) is 43.5 Å². The molecule has 3 unspecified atom stereocenters. The van der Waals surface area contributed by atoms with Gasteiger partial charge in [0.25, 0.3) is 0 Å². The van der Waals surface area contributed by atoms with Crippen LogP contribution in [-0.2, 0) is 0 Å². The summed E-state index contributed by atoms with van der Waals surface area (Å²) in [6.07, 6.45) is -1.77. The fraction of sp³-hybridized carbons (Fsp3) is 0.625. The maximum atomic E-state index is 13.3. The first-order chi connectivity index (χ1) is 9.97. The maximum absolute atomic E-state index is 13.3. The highest BCUT2D eigenvalue weighted by Gasteiger charge is 2.47. The van der Waals surface area contributed by atoms with Crippen molar-refractivity contribution in [1.82, 2.24) is 5.32 Å². The van der Waals surface area contributed by atoms with Crippen LogP contribution in [0.1, 0.15) is 37.3 Å². The van der Waals surface area contributed by atoms with Gasteiger partial charge in [0.15, 0.2) is 0 Å². The van der Waals surface area contributed by atoms with Gasteiger partial charge in [-0.15, -0.1) is 0 Å². The lowest BCUT2D eigenvalue weighted by molar-refractivity contribution is -0.199. The molecule has 118 valence electrons. The standard InChI is InChI=1S/C16H22F3NO/c1-20-15(11-6-5-7-12(10-11)21-2)13-8-3-4-9-14(13)16(17,18)19/h5-7,10,13-15,20H,3-4,8-9H2,1-2H3. The molecule has 5 heteroatoms. The monoisotopic (exact) mass is 301 g/mol. The molecule has 1 N–H and O–H groups in total. The SMILES string of the molecule is CNC(c1cccc(OC)c1)C1CCCCC1C(F)(F)F. The van der Waals surface area contributed by atoms with E-state index in [2.05, 4.69) is 5.32 Å². The van der Waals surface area contributed by atoms with Crippen LogP contribution in [0.3, 0.4) is 0 Å². The van der Waals surface area contributed by atoms with Crippen LogP contribution in [0.5, 0.6) is 5.75 Å². The summed E-state index contributed by atoms with van der Waals surface area (Å²) < 4.78 is 45.1. The Balaban J connectivity index is 2.29. The number of rotatable bonds is 4.